The van der Waals surface area contributed by atoms with Crippen molar-refractivity contribution in [2.75, 3.05) is 7.11 Å². The summed E-state index contributed by atoms with van der Waals surface area (Å²) in [4.78, 5) is 12.1. The Morgan fingerprint density at radius 1 is 1.31 bits per heavy atom. The fourth-order valence-corrected chi connectivity index (χ4v) is 1.78. The van der Waals surface area contributed by atoms with Crippen molar-refractivity contribution < 1.29 is 17.9 Å². The topological polar surface area (TPSA) is 111 Å². The van der Waals surface area contributed by atoms with Gasteiger partial charge in [-0.05, 0) is 24.3 Å². The molecule has 7 nitrogen and oxygen atoms in total. The molecule has 0 aliphatic carbocycles. The van der Waals surface area contributed by atoms with Gasteiger partial charge in [-0.25, -0.2) is 13.2 Å². The third-order valence-corrected chi connectivity index (χ3v) is 2.94. The standard InChI is InChI=1S/C8H11N3O4S/c1-15-6-2-4-7(5-3-6)16(13,14)11-10-8(9)12/h2-5,11H,1H3,(H3,9,10,12). The molecule has 0 fully saturated rings. The van der Waals surface area contributed by atoms with Crippen molar-refractivity contribution in [1.82, 2.24) is 10.3 Å². The second-order valence-electron chi connectivity index (χ2n) is 2.77. The van der Waals surface area contributed by atoms with Crippen LogP contribution >= 0.6 is 0 Å². The van der Waals surface area contributed by atoms with E-state index in [1.54, 1.807) is 5.43 Å². The SMILES string of the molecule is COc1ccc(S(=O)(=O)NNC(N)=O)cc1. The number of benzene rings is 1. The zero-order valence-corrected chi connectivity index (χ0v) is 9.24. The molecule has 0 aromatic heterocycles. The molecule has 0 bridgehead atoms. The van der Waals surface area contributed by atoms with Crippen LogP contribution in [0.1, 0.15) is 0 Å². The maximum atomic E-state index is 11.5. The Kier molecular flexibility index (Phi) is 3.69. The van der Waals surface area contributed by atoms with E-state index in [2.05, 4.69) is 0 Å². The van der Waals surface area contributed by atoms with Gasteiger partial charge in [-0.2, -0.15) is 0 Å². The van der Waals surface area contributed by atoms with Crippen LogP contribution in [-0.2, 0) is 10.0 Å². The van der Waals surface area contributed by atoms with Gasteiger partial charge in [0.2, 0.25) is 0 Å². The van der Waals surface area contributed by atoms with Crippen LogP contribution in [0.5, 0.6) is 5.75 Å². The number of primary amides is 1. The Bertz CT molecular complexity index is 469. The van der Waals surface area contributed by atoms with E-state index in [-0.39, 0.29) is 4.90 Å². The quantitative estimate of drug-likeness (QED) is 0.624. The minimum Gasteiger partial charge on any atom is -0.497 e. The van der Waals surface area contributed by atoms with E-state index in [0.29, 0.717) is 5.75 Å². The number of urea groups is 1. The summed E-state index contributed by atoms with van der Waals surface area (Å²) < 4.78 is 27.9. The van der Waals surface area contributed by atoms with Crippen molar-refractivity contribution in [3.05, 3.63) is 24.3 Å². The molecule has 0 unspecified atom stereocenters. The third-order valence-electron chi connectivity index (χ3n) is 1.68. The first-order valence-electron chi connectivity index (χ1n) is 4.17. The summed E-state index contributed by atoms with van der Waals surface area (Å²) >= 11 is 0. The van der Waals surface area contributed by atoms with Gasteiger partial charge in [-0.1, -0.05) is 0 Å². The third kappa shape index (κ3) is 3.11. The van der Waals surface area contributed by atoms with Crippen LogP contribution in [0.3, 0.4) is 0 Å². The van der Waals surface area contributed by atoms with Gasteiger partial charge in [-0.15, -0.1) is 4.83 Å². The second kappa shape index (κ2) is 4.81. The predicted molar refractivity (Wildman–Crippen MR) is 56.0 cm³/mol. The van der Waals surface area contributed by atoms with Crippen LogP contribution in [0.2, 0.25) is 0 Å². The lowest BCUT2D eigenvalue weighted by molar-refractivity contribution is 0.247. The number of sulfonamides is 1. The molecular formula is C8H11N3O4S. The van der Waals surface area contributed by atoms with Gasteiger partial charge >= 0.3 is 6.03 Å². The zero-order valence-electron chi connectivity index (χ0n) is 8.43. The van der Waals surface area contributed by atoms with Crippen LogP contribution in [-0.4, -0.2) is 21.6 Å². The highest BCUT2D eigenvalue weighted by atomic mass is 32.2. The van der Waals surface area contributed by atoms with E-state index in [1.165, 1.54) is 31.4 Å². The molecule has 1 aromatic carbocycles. The number of hydrogen-bond donors (Lipinski definition) is 3. The lowest BCUT2D eigenvalue weighted by atomic mass is 10.3. The van der Waals surface area contributed by atoms with Crippen molar-refractivity contribution in [3.8, 4) is 5.75 Å². The van der Waals surface area contributed by atoms with Crippen LogP contribution in [0.4, 0.5) is 4.79 Å². The molecule has 1 rings (SSSR count). The van der Waals surface area contributed by atoms with Gasteiger partial charge in [0.15, 0.2) is 0 Å². The molecule has 88 valence electrons. The number of hydrazine groups is 1. The van der Waals surface area contributed by atoms with E-state index < -0.39 is 16.1 Å². The van der Waals surface area contributed by atoms with Crippen LogP contribution in [0, 0.1) is 0 Å². The van der Waals surface area contributed by atoms with E-state index in [0.717, 1.165) is 0 Å². The molecule has 0 saturated heterocycles. The number of hydrogen-bond acceptors (Lipinski definition) is 4. The van der Waals surface area contributed by atoms with Gasteiger partial charge in [0, 0.05) is 0 Å². The van der Waals surface area contributed by atoms with Crippen molar-refractivity contribution >= 4 is 16.1 Å². The van der Waals surface area contributed by atoms with Crippen molar-refractivity contribution in [2.24, 2.45) is 5.73 Å². The molecule has 0 aliphatic rings. The number of carbonyl (C=O) groups excluding carboxylic acids is 1. The van der Waals surface area contributed by atoms with Gasteiger partial charge in [0.05, 0.1) is 12.0 Å². The van der Waals surface area contributed by atoms with Gasteiger partial charge in [0.25, 0.3) is 10.0 Å². The first kappa shape index (κ1) is 12.3. The highest BCUT2D eigenvalue weighted by molar-refractivity contribution is 7.89. The monoisotopic (exact) mass is 245 g/mol. The molecule has 16 heavy (non-hydrogen) atoms. The summed E-state index contributed by atoms with van der Waals surface area (Å²) in [6, 6.07) is 4.66. The molecule has 1 aromatic rings. The maximum absolute atomic E-state index is 11.5. The molecular weight excluding hydrogens is 234 g/mol. The number of rotatable bonds is 4. The summed E-state index contributed by atoms with van der Waals surface area (Å²) in [5, 5.41) is 0. The highest BCUT2D eigenvalue weighted by Crippen LogP contribution is 2.14. The average molecular weight is 245 g/mol. The van der Waals surface area contributed by atoms with Gasteiger partial charge < -0.3 is 10.5 Å². The number of nitrogens with one attached hydrogen (secondary N) is 2. The summed E-state index contributed by atoms with van der Waals surface area (Å²) in [6.07, 6.45) is 0. The molecule has 2 amide bonds. The minimum atomic E-state index is -3.80. The molecule has 0 heterocycles. The van der Waals surface area contributed by atoms with Crippen LogP contribution < -0.4 is 20.7 Å². The fraction of sp³-hybridized carbons (Fsp3) is 0.125. The summed E-state index contributed by atoms with van der Waals surface area (Å²) in [7, 11) is -2.33. The van der Waals surface area contributed by atoms with E-state index in [1.807, 2.05) is 4.83 Å². The van der Waals surface area contributed by atoms with Crippen molar-refractivity contribution in [1.29, 1.82) is 0 Å². The van der Waals surface area contributed by atoms with Crippen molar-refractivity contribution in [2.45, 2.75) is 4.90 Å². The summed E-state index contributed by atoms with van der Waals surface area (Å²) in [6.45, 7) is 0. The van der Waals surface area contributed by atoms with Gasteiger partial charge in [-0.3, -0.25) is 5.43 Å². The number of methoxy groups -OCH3 is 1. The van der Waals surface area contributed by atoms with Gasteiger partial charge in [0.1, 0.15) is 5.75 Å². The first-order chi connectivity index (χ1) is 7.45. The van der Waals surface area contributed by atoms with Crippen molar-refractivity contribution in [3.63, 3.8) is 0 Å². The fourth-order valence-electron chi connectivity index (χ4n) is 0.931. The van der Waals surface area contributed by atoms with Crippen LogP contribution in [0.25, 0.3) is 0 Å². The Balaban J connectivity index is 2.85. The molecule has 0 aliphatic heterocycles. The number of amides is 2. The Hall–Kier alpha value is -1.80. The Morgan fingerprint density at radius 2 is 1.88 bits per heavy atom. The largest absolute Gasteiger partial charge is 0.497 e. The normalized spacial score (nSPS) is 10.8. The Labute approximate surface area is 92.6 Å². The average Bonchev–Trinajstić information content (AvgIpc) is 2.27. The predicted octanol–water partition coefficient (Wildman–Crippen LogP) is -0.443. The number of carbonyl (C=O) groups is 1. The highest BCUT2D eigenvalue weighted by Gasteiger charge is 2.13. The number of nitrogens with two attached hydrogens (primary N) is 1. The van der Waals surface area contributed by atoms with E-state index in [9.17, 15) is 13.2 Å². The molecule has 8 heteroatoms. The molecule has 4 N–H and O–H groups in total. The first-order valence-corrected chi connectivity index (χ1v) is 5.65. The van der Waals surface area contributed by atoms with E-state index >= 15 is 0 Å². The molecule has 0 saturated carbocycles. The molecule has 0 atom stereocenters. The smallest absolute Gasteiger partial charge is 0.327 e. The Morgan fingerprint density at radius 3 is 2.31 bits per heavy atom. The van der Waals surface area contributed by atoms with Crippen LogP contribution in [0.15, 0.2) is 29.2 Å². The van der Waals surface area contributed by atoms with E-state index in [4.69, 9.17) is 10.5 Å². The zero-order chi connectivity index (χ0) is 12.2. The minimum absolute atomic E-state index is 0.0120. The summed E-state index contributed by atoms with van der Waals surface area (Å²) in [5.41, 5.74) is 6.51. The molecule has 0 spiro atoms. The lowest BCUT2D eigenvalue weighted by Gasteiger charge is -2.06. The number of ether oxygens (including phenoxy) is 1. The molecule has 0 radical (unpaired) electrons. The summed E-state index contributed by atoms with van der Waals surface area (Å²) in [5.74, 6) is 0.529. The lowest BCUT2D eigenvalue weighted by Crippen LogP contribution is -2.44. The second-order valence-corrected chi connectivity index (χ2v) is 4.45. The maximum Gasteiger partial charge on any atom is 0.327 e.